The number of aryl methyl sites for hydroxylation is 2. The molecular weight excluding hydrogens is 687 g/mol. The molecule has 4 aromatic rings. The summed E-state index contributed by atoms with van der Waals surface area (Å²) in [6, 6.07) is 8.34. The number of nitrogens with one attached hydrogen (secondary N) is 1. The quantitative estimate of drug-likeness (QED) is 0.192. The van der Waals surface area contributed by atoms with Gasteiger partial charge in [0.25, 0.3) is 5.56 Å². The van der Waals surface area contributed by atoms with Crippen molar-refractivity contribution in [2.45, 2.75) is 50.6 Å². The lowest BCUT2D eigenvalue weighted by atomic mass is 9.91. The molecule has 0 spiro atoms. The number of hydrogen-bond acceptors (Lipinski definition) is 5. The molecule has 0 fully saturated rings. The van der Waals surface area contributed by atoms with Gasteiger partial charge in [-0.3, -0.25) is 19.0 Å². The summed E-state index contributed by atoms with van der Waals surface area (Å²) in [5.41, 5.74) is -4.99. The van der Waals surface area contributed by atoms with Gasteiger partial charge in [-0.05, 0) is 93.0 Å². The van der Waals surface area contributed by atoms with E-state index < -0.39 is 70.8 Å². The van der Waals surface area contributed by atoms with Gasteiger partial charge in [-0.1, -0.05) is 24.3 Å². The molecule has 15 heteroatoms. The van der Waals surface area contributed by atoms with E-state index in [0.717, 1.165) is 16.8 Å². The number of amides is 1. The van der Waals surface area contributed by atoms with Crippen LogP contribution in [0.25, 0.3) is 11.1 Å². The molecule has 8 nitrogen and oxygen atoms in total. The van der Waals surface area contributed by atoms with Crippen LogP contribution in [0.1, 0.15) is 58.3 Å². The van der Waals surface area contributed by atoms with Crippen LogP contribution in [0.3, 0.4) is 0 Å². The van der Waals surface area contributed by atoms with Crippen molar-refractivity contribution in [1.29, 1.82) is 0 Å². The number of hydrogen-bond donors (Lipinski definition) is 2. The monoisotopic (exact) mass is 719 g/mol. The minimum atomic E-state index is -5.25. The topological polar surface area (TPSA) is 101 Å². The summed E-state index contributed by atoms with van der Waals surface area (Å²) in [6.45, 7) is 1.97. The van der Waals surface area contributed by atoms with Crippen LogP contribution in [0.4, 0.5) is 30.7 Å². The van der Waals surface area contributed by atoms with Crippen molar-refractivity contribution in [2.75, 3.05) is 20.6 Å². The summed E-state index contributed by atoms with van der Waals surface area (Å²) in [7, 11) is 3.45. The molecule has 2 heterocycles. The van der Waals surface area contributed by atoms with E-state index in [9.17, 15) is 45.8 Å². The van der Waals surface area contributed by atoms with Crippen LogP contribution < -0.4 is 15.6 Å². The number of alkyl halides is 6. The van der Waals surface area contributed by atoms with Crippen LogP contribution in [0.5, 0.6) is 11.5 Å². The minimum Gasteiger partial charge on any atom is -0.481 e. The number of aliphatic carboxylic acids is 1. The van der Waals surface area contributed by atoms with Crippen molar-refractivity contribution in [2.24, 2.45) is 0 Å². The van der Waals surface area contributed by atoms with E-state index in [1.807, 2.05) is 0 Å². The lowest BCUT2D eigenvalue weighted by Gasteiger charge is -2.26. The van der Waals surface area contributed by atoms with E-state index in [1.165, 1.54) is 30.3 Å². The van der Waals surface area contributed by atoms with Gasteiger partial charge in [0, 0.05) is 23.4 Å². The fourth-order valence-corrected chi connectivity index (χ4v) is 6.17. The van der Waals surface area contributed by atoms with Crippen LogP contribution in [0.2, 0.25) is 0 Å². The first-order chi connectivity index (χ1) is 23.8. The zero-order chi connectivity index (χ0) is 37.4. The lowest BCUT2D eigenvalue weighted by Crippen LogP contribution is -2.41. The van der Waals surface area contributed by atoms with Gasteiger partial charge in [-0.25, -0.2) is 4.39 Å². The molecule has 1 aliphatic rings. The summed E-state index contributed by atoms with van der Waals surface area (Å²) in [5.74, 6) is -4.58. The molecule has 0 saturated heterocycles. The molecule has 0 unspecified atom stereocenters. The lowest BCUT2D eigenvalue weighted by molar-refractivity contribution is -0.140. The largest absolute Gasteiger partial charge is 0.481 e. The molecule has 1 aromatic heterocycles. The van der Waals surface area contributed by atoms with E-state index in [-0.39, 0.29) is 46.6 Å². The number of halogens is 7. The Kier molecular flexibility index (Phi) is 10.3. The Morgan fingerprint density at radius 1 is 0.961 bits per heavy atom. The number of carboxylic acids is 1. The first-order valence-electron chi connectivity index (χ1n) is 15.6. The van der Waals surface area contributed by atoms with Crippen molar-refractivity contribution in [3.8, 4) is 22.6 Å². The number of rotatable bonds is 7. The predicted molar refractivity (Wildman–Crippen MR) is 172 cm³/mol. The Bertz CT molecular complexity index is 2040. The first-order valence-corrected chi connectivity index (χ1v) is 15.6. The molecule has 2 atom stereocenters. The Hall–Kier alpha value is -5.18. The Balaban J connectivity index is 1.80. The SMILES string of the molecule is Cc1cccc2c1-c1cc(c(F)c(C(F)(F)F)c1)[C@H](CC(=O)O)NC(=O)[C@@H](n1cc(CCCN(C)C)c(C(F)(F)F)cc1=O)c1cccc(c1)O2. The third kappa shape index (κ3) is 8.08. The van der Waals surface area contributed by atoms with Gasteiger partial charge in [-0.2, -0.15) is 26.3 Å². The predicted octanol–water partition coefficient (Wildman–Crippen LogP) is 7.52. The number of nitrogens with zero attached hydrogens (tertiary/aromatic N) is 2. The van der Waals surface area contributed by atoms with Crippen molar-refractivity contribution >= 4 is 11.9 Å². The molecule has 270 valence electrons. The van der Waals surface area contributed by atoms with Gasteiger partial charge in [-0.15, -0.1) is 0 Å². The number of carbonyl (C=O) groups excluding carboxylic acids is 1. The van der Waals surface area contributed by atoms with Crippen LogP contribution in [-0.2, 0) is 28.4 Å². The van der Waals surface area contributed by atoms with Crippen molar-refractivity contribution in [3.63, 3.8) is 0 Å². The Labute approximate surface area is 287 Å². The summed E-state index contributed by atoms with van der Waals surface area (Å²) in [4.78, 5) is 41.5. The molecule has 0 radical (unpaired) electrons. The fourth-order valence-electron chi connectivity index (χ4n) is 6.17. The number of pyridine rings is 1. The highest BCUT2D eigenvalue weighted by molar-refractivity contribution is 5.85. The number of carbonyl (C=O) groups is 2. The normalized spacial score (nSPS) is 16.3. The first kappa shape index (κ1) is 37.1. The molecule has 0 saturated carbocycles. The summed E-state index contributed by atoms with van der Waals surface area (Å²) < 4.78 is 108. The number of aromatic nitrogens is 1. The van der Waals surface area contributed by atoms with Gasteiger partial charge < -0.3 is 20.1 Å². The van der Waals surface area contributed by atoms with Crippen LogP contribution >= 0.6 is 0 Å². The maximum absolute atomic E-state index is 15.9. The van der Waals surface area contributed by atoms with Gasteiger partial charge in [0.1, 0.15) is 23.4 Å². The van der Waals surface area contributed by atoms with Crippen molar-refractivity contribution in [1.82, 2.24) is 14.8 Å². The molecule has 51 heavy (non-hydrogen) atoms. The molecule has 5 rings (SSSR count). The second-order valence-electron chi connectivity index (χ2n) is 12.5. The number of ether oxygens (including phenoxy) is 1. The molecule has 2 N–H and O–H groups in total. The third-order valence-corrected chi connectivity index (χ3v) is 8.45. The molecular formula is C36H32F7N3O5. The van der Waals surface area contributed by atoms with Crippen LogP contribution in [-0.4, -0.2) is 47.1 Å². The number of carboxylic acid groups (broad SMARTS) is 1. The zero-order valence-electron chi connectivity index (χ0n) is 27.5. The molecule has 1 amide bonds. The highest BCUT2D eigenvalue weighted by Gasteiger charge is 2.39. The molecule has 4 bridgehead atoms. The Morgan fingerprint density at radius 3 is 2.29 bits per heavy atom. The van der Waals surface area contributed by atoms with Crippen LogP contribution in [0, 0.1) is 12.7 Å². The van der Waals surface area contributed by atoms with Crippen molar-refractivity contribution in [3.05, 3.63) is 116 Å². The highest BCUT2D eigenvalue weighted by atomic mass is 19.4. The van der Waals surface area contributed by atoms with E-state index >= 15 is 4.39 Å². The summed E-state index contributed by atoms with van der Waals surface area (Å²) in [5, 5.41) is 12.1. The molecule has 0 aliphatic carbocycles. The number of fused-ring (bicyclic) bond motifs is 6. The fraction of sp³-hybridized carbons (Fsp3) is 0.306. The average molecular weight is 720 g/mol. The van der Waals surface area contributed by atoms with E-state index in [1.54, 1.807) is 38.1 Å². The van der Waals surface area contributed by atoms with E-state index in [4.69, 9.17) is 4.74 Å². The standard InChI is InChI=1S/C36H32F7N3O5/c1-19-7-4-11-28-31(19)22-14-24(32(37)26(15-22)36(41,42)43)27(17-30(48)49)44-34(50)33(20-8-5-10-23(13-20)51-28)46-18-21(9-6-12-45(2)3)25(16-29(46)47)35(38,39)40/h4-5,7-8,10-11,13-16,18,27,33H,6,9,12,17H2,1-3H3,(H,44,50)(H,48,49)/t27-,33-/m0/s1. The summed E-state index contributed by atoms with van der Waals surface area (Å²) >= 11 is 0. The number of benzene rings is 3. The zero-order valence-corrected chi connectivity index (χ0v) is 27.5. The maximum Gasteiger partial charge on any atom is 0.419 e. The highest BCUT2D eigenvalue weighted by Crippen LogP contribution is 2.43. The smallest absolute Gasteiger partial charge is 0.419 e. The Morgan fingerprint density at radius 2 is 1.65 bits per heavy atom. The summed E-state index contributed by atoms with van der Waals surface area (Å²) in [6.07, 6.45) is -10.3. The van der Waals surface area contributed by atoms with Crippen LogP contribution in [0.15, 0.2) is 71.7 Å². The second kappa shape index (κ2) is 14.2. The average Bonchev–Trinajstić information content (AvgIpc) is 3.01. The third-order valence-electron chi connectivity index (χ3n) is 8.45. The van der Waals surface area contributed by atoms with Gasteiger partial charge in [0.05, 0.1) is 23.6 Å². The van der Waals surface area contributed by atoms with E-state index in [0.29, 0.717) is 24.2 Å². The van der Waals surface area contributed by atoms with Gasteiger partial charge in [0.2, 0.25) is 5.91 Å². The maximum atomic E-state index is 15.9. The van der Waals surface area contributed by atoms with E-state index in [2.05, 4.69) is 5.32 Å². The van der Waals surface area contributed by atoms with Crippen molar-refractivity contribution < 1.29 is 50.2 Å². The van der Waals surface area contributed by atoms with Gasteiger partial charge >= 0.3 is 18.3 Å². The molecule has 1 aliphatic heterocycles. The van der Waals surface area contributed by atoms with Gasteiger partial charge in [0.15, 0.2) is 0 Å². The second-order valence-corrected chi connectivity index (χ2v) is 12.5. The molecule has 3 aromatic carbocycles. The minimum absolute atomic E-state index is 0.00298.